The minimum Gasteiger partial charge on any atom is -0.460 e. The molecule has 0 radical (unpaired) electrons. The molecule has 0 saturated heterocycles. The van der Waals surface area contributed by atoms with Crippen molar-refractivity contribution in [1.82, 2.24) is 5.32 Å². The first-order chi connectivity index (χ1) is 14.2. The van der Waals surface area contributed by atoms with Crippen molar-refractivity contribution < 1.29 is 28.2 Å². The molecule has 0 aliphatic heterocycles. The van der Waals surface area contributed by atoms with E-state index in [1.54, 1.807) is 45.0 Å². The first-order valence-electron chi connectivity index (χ1n) is 9.17. The predicted molar refractivity (Wildman–Crippen MR) is 109 cm³/mol. The highest BCUT2D eigenvalue weighted by Gasteiger charge is 2.17. The van der Waals surface area contributed by atoms with Crippen LogP contribution in [0.25, 0.3) is 11.0 Å². The highest BCUT2D eigenvalue weighted by Crippen LogP contribution is 2.24. The molecule has 0 unspecified atom stereocenters. The van der Waals surface area contributed by atoms with Gasteiger partial charge in [0.15, 0.2) is 0 Å². The molecule has 0 atom stereocenters. The van der Waals surface area contributed by atoms with E-state index >= 15 is 0 Å². The van der Waals surface area contributed by atoms with Crippen LogP contribution in [0.2, 0.25) is 0 Å². The molecule has 1 aromatic heterocycles. The third-order valence-corrected chi connectivity index (χ3v) is 3.69. The summed E-state index contributed by atoms with van der Waals surface area (Å²) >= 11 is 0. The van der Waals surface area contributed by atoms with Gasteiger partial charge in [0.05, 0.1) is 5.39 Å². The lowest BCUT2D eigenvalue weighted by Crippen LogP contribution is -2.36. The third kappa shape index (κ3) is 5.60. The Balaban J connectivity index is 1.67. The SMILES string of the molecule is CC(C)(C)OC(=O)NCC(=O)Oc1ccc2c(=O)c(Oc3ccccc3)coc2c1. The zero-order chi connectivity index (χ0) is 21.7. The Bertz CT molecular complexity index is 1110. The van der Waals surface area contributed by atoms with Gasteiger partial charge in [-0.3, -0.25) is 4.79 Å². The van der Waals surface area contributed by atoms with E-state index in [1.165, 1.54) is 24.5 Å². The molecule has 1 N–H and O–H groups in total. The fraction of sp³-hybridized carbons (Fsp3) is 0.227. The van der Waals surface area contributed by atoms with Gasteiger partial charge in [0.1, 0.15) is 35.5 Å². The fourth-order valence-corrected chi connectivity index (χ4v) is 2.47. The topological polar surface area (TPSA) is 104 Å². The van der Waals surface area contributed by atoms with Crippen molar-refractivity contribution >= 4 is 23.0 Å². The highest BCUT2D eigenvalue weighted by molar-refractivity contribution is 5.82. The number of amides is 1. The van der Waals surface area contributed by atoms with Gasteiger partial charge in [0.2, 0.25) is 11.2 Å². The van der Waals surface area contributed by atoms with Crippen molar-refractivity contribution in [3.63, 3.8) is 0 Å². The Hall–Kier alpha value is -3.81. The number of alkyl carbamates (subject to hydrolysis) is 1. The monoisotopic (exact) mass is 411 g/mol. The number of hydrogen-bond donors (Lipinski definition) is 1. The maximum Gasteiger partial charge on any atom is 0.408 e. The van der Waals surface area contributed by atoms with Gasteiger partial charge in [0, 0.05) is 6.07 Å². The summed E-state index contributed by atoms with van der Waals surface area (Å²) in [5.41, 5.74) is -0.803. The number of esters is 1. The average Bonchev–Trinajstić information content (AvgIpc) is 2.68. The van der Waals surface area contributed by atoms with Crippen LogP contribution >= 0.6 is 0 Å². The van der Waals surface area contributed by atoms with Gasteiger partial charge in [-0.15, -0.1) is 0 Å². The minimum atomic E-state index is -0.727. The minimum absolute atomic E-state index is 0.0417. The second kappa shape index (κ2) is 8.69. The normalized spacial score (nSPS) is 11.0. The van der Waals surface area contributed by atoms with Gasteiger partial charge in [0.25, 0.3) is 0 Å². The summed E-state index contributed by atoms with van der Waals surface area (Å²) in [4.78, 5) is 36.1. The number of carbonyl (C=O) groups is 2. The molecule has 8 nitrogen and oxygen atoms in total. The van der Waals surface area contributed by atoms with Crippen LogP contribution in [0.4, 0.5) is 4.79 Å². The number of ether oxygens (including phenoxy) is 3. The second-order valence-electron chi connectivity index (χ2n) is 7.33. The molecule has 1 heterocycles. The Morgan fingerprint density at radius 3 is 2.47 bits per heavy atom. The zero-order valence-corrected chi connectivity index (χ0v) is 16.8. The number of hydrogen-bond acceptors (Lipinski definition) is 7. The van der Waals surface area contributed by atoms with E-state index < -0.39 is 17.7 Å². The van der Waals surface area contributed by atoms with Crippen LogP contribution < -0.4 is 20.2 Å². The van der Waals surface area contributed by atoms with Gasteiger partial charge >= 0.3 is 12.1 Å². The standard InChI is InChI=1S/C22H21NO7/c1-22(2,3)30-21(26)23-12-19(24)29-15-9-10-16-17(11-15)27-13-18(20(16)25)28-14-7-5-4-6-8-14/h4-11,13H,12H2,1-3H3,(H,23,26). The summed E-state index contributed by atoms with van der Waals surface area (Å²) in [5, 5.41) is 2.58. The maximum atomic E-state index is 12.6. The molecule has 2 aromatic carbocycles. The molecular weight excluding hydrogens is 390 g/mol. The van der Waals surface area contributed by atoms with E-state index in [4.69, 9.17) is 18.6 Å². The lowest BCUT2D eigenvalue weighted by molar-refractivity contribution is -0.133. The summed E-state index contributed by atoms with van der Waals surface area (Å²) in [5.74, 6) is 0.0112. The summed E-state index contributed by atoms with van der Waals surface area (Å²) < 4.78 is 21.2. The van der Waals surface area contributed by atoms with Crippen molar-refractivity contribution in [2.45, 2.75) is 26.4 Å². The summed E-state index contributed by atoms with van der Waals surface area (Å²) in [7, 11) is 0. The molecule has 0 fully saturated rings. The maximum absolute atomic E-state index is 12.6. The van der Waals surface area contributed by atoms with Gasteiger partial charge in [-0.25, -0.2) is 9.59 Å². The number of nitrogens with one attached hydrogen (secondary N) is 1. The Morgan fingerprint density at radius 1 is 1.03 bits per heavy atom. The molecule has 0 aliphatic carbocycles. The van der Waals surface area contributed by atoms with E-state index in [2.05, 4.69) is 5.32 Å². The number of rotatable bonds is 5. The van der Waals surface area contributed by atoms with E-state index in [1.807, 2.05) is 6.07 Å². The van der Waals surface area contributed by atoms with Crippen molar-refractivity contribution in [3.8, 4) is 17.2 Å². The predicted octanol–water partition coefficient (Wildman–Crippen LogP) is 4.02. The molecule has 1 amide bonds. The van der Waals surface area contributed by atoms with Gasteiger partial charge in [-0.2, -0.15) is 0 Å². The van der Waals surface area contributed by atoms with Crippen LogP contribution in [0, 0.1) is 0 Å². The van der Waals surface area contributed by atoms with Crippen LogP contribution in [-0.2, 0) is 9.53 Å². The van der Waals surface area contributed by atoms with Gasteiger partial charge in [-0.1, -0.05) is 18.2 Å². The quantitative estimate of drug-likeness (QED) is 0.499. The molecule has 3 rings (SSSR count). The van der Waals surface area contributed by atoms with Gasteiger partial charge in [-0.05, 0) is 45.0 Å². The molecule has 156 valence electrons. The Labute approximate surface area is 172 Å². The van der Waals surface area contributed by atoms with Crippen LogP contribution in [0.15, 0.2) is 64.0 Å². The average molecular weight is 411 g/mol. The Morgan fingerprint density at radius 2 is 1.77 bits per heavy atom. The first kappa shape index (κ1) is 20.9. The van der Waals surface area contributed by atoms with E-state index in [-0.39, 0.29) is 34.4 Å². The largest absolute Gasteiger partial charge is 0.460 e. The van der Waals surface area contributed by atoms with Crippen LogP contribution in [-0.4, -0.2) is 24.2 Å². The zero-order valence-electron chi connectivity index (χ0n) is 16.8. The highest BCUT2D eigenvalue weighted by atomic mass is 16.6. The lowest BCUT2D eigenvalue weighted by atomic mass is 10.2. The van der Waals surface area contributed by atoms with Crippen LogP contribution in [0.1, 0.15) is 20.8 Å². The van der Waals surface area contributed by atoms with Crippen molar-refractivity contribution in [1.29, 1.82) is 0 Å². The molecule has 0 spiro atoms. The third-order valence-electron chi connectivity index (χ3n) is 3.69. The summed E-state index contributed by atoms with van der Waals surface area (Å²) in [6.45, 7) is 4.76. The second-order valence-corrected chi connectivity index (χ2v) is 7.33. The first-order valence-corrected chi connectivity index (χ1v) is 9.17. The fourth-order valence-electron chi connectivity index (χ4n) is 2.47. The van der Waals surface area contributed by atoms with E-state index in [0.717, 1.165) is 0 Å². The van der Waals surface area contributed by atoms with Crippen LogP contribution in [0.3, 0.4) is 0 Å². The van der Waals surface area contributed by atoms with Crippen molar-refractivity contribution in [2.24, 2.45) is 0 Å². The van der Waals surface area contributed by atoms with E-state index in [9.17, 15) is 14.4 Å². The molecule has 0 saturated carbocycles. The van der Waals surface area contributed by atoms with E-state index in [0.29, 0.717) is 5.75 Å². The molecule has 30 heavy (non-hydrogen) atoms. The molecule has 8 heteroatoms. The van der Waals surface area contributed by atoms with Crippen molar-refractivity contribution in [2.75, 3.05) is 6.54 Å². The number of benzene rings is 2. The number of fused-ring (bicyclic) bond motifs is 1. The van der Waals surface area contributed by atoms with Gasteiger partial charge < -0.3 is 23.9 Å². The molecule has 3 aromatic rings. The molecule has 0 aliphatic rings. The summed E-state index contributed by atoms with van der Waals surface area (Å²) in [6.07, 6.45) is 0.475. The lowest BCUT2D eigenvalue weighted by Gasteiger charge is -2.19. The molecular formula is C22H21NO7. The van der Waals surface area contributed by atoms with Crippen LogP contribution in [0.5, 0.6) is 17.2 Å². The molecule has 0 bridgehead atoms. The Kier molecular flexibility index (Phi) is 6.06. The smallest absolute Gasteiger partial charge is 0.408 e. The van der Waals surface area contributed by atoms with Crippen molar-refractivity contribution in [3.05, 3.63) is 65.0 Å². The summed E-state index contributed by atoms with van der Waals surface area (Å²) in [6, 6.07) is 13.2. The number of carbonyl (C=O) groups excluding carboxylic acids is 2. The number of para-hydroxylation sites is 1.